The number of amides is 1. The number of nitrogens with zero attached hydrogens (tertiary/aromatic N) is 3. The molecule has 1 aliphatic heterocycles. The summed E-state index contributed by atoms with van der Waals surface area (Å²) in [7, 11) is 2.02. The van der Waals surface area contributed by atoms with E-state index in [0.717, 1.165) is 23.0 Å². The summed E-state index contributed by atoms with van der Waals surface area (Å²) >= 11 is 0. The lowest BCUT2D eigenvalue weighted by Gasteiger charge is -2.26. The van der Waals surface area contributed by atoms with Gasteiger partial charge in [0.05, 0.1) is 5.52 Å². The number of aromatic nitrogens is 1. The number of likely N-dealkylation sites (tertiary alicyclic amines) is 1. The highest BCUT2D eigenvalue weighted by Gasteiger charge is 2.28. The number of benzene rings is 1. The zero-order chi connectivity index (χ0) is 14.1. The van der Waals surface area contributed by atoms with Gasteiger partial charge >= 0.3 is 6.09 Å². The molecule has 20 heavy (non-hydrogen) atoms. The number of pyridine rings is 1. The van der Waals surface area contributed by atoms with Crippen LogP contribution in [0.25, 0.3) is 10.9 Å². The summed E-state index contributed by atoms with van der Waals surface area (Å²) in [6.45, 7) is 1.18. The van der Waals surface area contributed by atoms with Crippen molar-refractivity contribution < 1.29 is 9.90 Å². The third-order valence-corrected chi connectivity index (χ3v) is 3.98. The molecule has 1 fully saturated rings. The molecule has 1 amide bonds. The lowest BCUT2D eigenvalue weighted by Crippen LogP contribution is -2.36. The van der Waals surface area contributed by atoms with Gasteiger partial charge in [0.1, 0.15) is 0 Å². The molecule has 1 N–H and O–H groups in total. The molecule has 0 bridgehead atoms. The van der Waals surface area contributed by atoms with Gasteiger partial charge in [-0.15, -0.1) is 0 Å². The van der Waals surface area contributed by atoms with Gasteiger partial charge in [-0.05, 0) is 30.7 Å². The summed E-state index contributed by atoms with van der Waals surface area (Å²) in [5, 5.41) is 10.1. The van der Waals surface area contributed by atoms with E-state index in [-0.39, 0.29) is 6.04 Å². The Hall–Kier alpha value is -2.30. The van der Waals surface area contributed by atoms with Gasteiger partial charge in [-0.2, -0.15) is 0 Å². The predicted molar refractivity (Wildman–Crippen MR) is 78.1 cm³/mol. The van der Waals surface area contributed by atoms with Crippen LogP contribution in [0, 0.1) is 0 Å². The molecule has 1 atom stereocenters. The van der Waals surface area contributed by atoms with E-state index in [4.69, 9.17) is 5.11 Å². The van der Waals surface area contributed by atoms with Crippen molar-refractivity contribution in [2.24, 2.45) is 0 Å². The van der Waals surface area contributed by atoms with Crippen molar-refractivity contribution in [2.45, 2.75) is 12.5 Å². The minimum Gasteiger partial charge on any atom is -0.465 e. The molecule has 2 aromatic rings. The molecule has 1 aliphatic rings. The van der Waals surface area contributed by atoms with Crippen LogP contribution in [0.1, 0.15) is 6.42 Å². The fourth-order valence-electron chi connectivity index (χ4n) is 2.72. The first kappa shape index (κ1) is 12.7. The average Bonchev–Trinajstić information content (AvgIpc) is 2.96. The highest BCUT2D eigenvalue weighted by Crippen LogP contribution is 2.24. The maximum absolute atomic E-state index is 11.0. The van der Waals surface area contributed by atoms with E-state index in [1.807, 2.05) is 31.3 Å². The number of anilines is 1. The van der Waals surface area contributed by atoms with Crippen molar-refractivity contribution in [3.63, 3.8) is 0 Å². The van der Waals surface area contributed by atoms with Gasteiger partial charge in [0, 0.05) is 43.4 Å². The molecule has 1 aromatic carbocycles. The van der Waals surface area contributed by atoms with Crippen molar-refractivity contribution in [3.05, 3.63) is 36.5 Å². The van der Waals surface area contributed by atoms with E-state index in [1.165, 1.54) is 4.90 Å². The Morgan fingerprint density at radius 1 is 1.45 bits per heavy atom. The summed E-state index contributed by atoms with van der Waals surface area (Å²) in [6, 6.07) is 10.3. The van der Waals surface area contributed by atoms with Crippen LogP contribution in [0.3, 0.4) is 0 Å². The van der Waals surface area contributed by atoms with E-state index in [0.29, 0.717) is 13.1 Å². The van der Waals surface area contributed by atoms with Crippen LogP contribution >= 0.6 is 0 Å². The quantitative estimate of drug-likeness (QED) is 0.911. The van der Waals surface area contributed by atoms with Crippen molar-refractivity contribution in [3.8, 4) is 0 Å². The van der Waals surface area contributed by atoms with Gasteiger partial charge < -0.3 is 14.9 Å². The van der Waals surface area contributed by atoms with Crippen molar-refractivity contribution in [2.75, 3.05) is 25.0 Å². The summed E-state index contributed by atoms with van der Waals surface area (Å²) in [5.41, 5.74) is 2.07. The second-order valence-electron chi connectivity index (χ2n) is 5.16. The lowest BCUT2D eigenvalue weighted by atomic mass is 10.1. The zero-order valence-corrected chi connectivity index (χ0v) is 11.4. The molecule has 1 saturated heterocycles. The van der Waals surface area contributed by atoms with Crippen LogP contribution in [0.4, 0.5) is 10.5 Å². The molecular formula is C15H17N3O2. The number of likely N-dealkylation sites (N-methyl/N-ethyl adjacent to an activating group) is 1. The van der Waals surface area contributed by atoms with Crippen molar-refractivity contribution >= 4 is 22.7 Å². The molecule has 1 aromatic heterocycles. The predicted octanol–water partition coefficient (Wildman–Crippen LogP) is 2.42. The van der Waals surface area contributed by atoms with Gasteiger partial charge in [0.25, 0.3) is 0 Å². The second-order valence-corrected chi connectivity index (χ2v) is 5.16. The number of carbonyl (C=O) groups is 1. The first-order valence-electron chi connectivity index (χ1n) is 6.70. The summed E-state index contributed by atoms with van der Waals surface area (Å²) in [6.07, 6.45) is 1.82. The molecular weight excluding hydrogens is 254 g/mol. The number of hydrogen-bond donors (Lipinski definition) is 1. The Labute approximate surface area is 117 Å². The molecule has 5 nitrogen and oxygen atoms in total. The summed E-state index contributed by atoms with van der Waals surface area (Å²) in [4.78, 5) is 18.9. The highest BCUT2D eigenvalue weighted by molar-refractivity contribution is 5.82. The third kappa shape index (κ3) is 2.27. The molecule has 0 aliphatic carbocycles. The second kappa shape index (κ2) is 5.00. The molecule has 5 heteroatoms. The Bertz CT molecular complexity index is 644. The largest absolute Gasteiger partial charge is 0.465 e. The fraction of sp³-hybridized carbons (Fsp3) is 0.333. The van der Waals surface area contributed by atoms with Crippen LogP contribution in [-0.4, -0.2) is 47.3 Å². The molecule has 0 spiro atoms. The van der Waals surface area contributed by atoms with Gasteiger partial charge in [-0.1, -0.05) is 6.07 Å². The first-order valence-corrected chi connectivity index (χ1v) is 6.70. The van der Waals surface area contributed by atoms with Crippen LogP contribution in [0.5, 0.6) is 0 Å². The van der Waals surface area contributed by atoms with E-state index in [9.17, 15) is 4.79 Å². The third-order valence-electron chi connectivity index (χ3n) is 3.98. The van der Waals surface area contributed by atoms with Gasteiger partial charge in [0.15, 0.2) is 0 Å². The molecule has 0 saturated carbocycles. The average molecular weight is 271 g/mol. The number of carboxylic acid groups (broad SMARTS) is 1. The Balaban J connectivity index is 1.82. The molecule has 2 heterocycles. The number of hydrogen-bond acceptors (Lipinski definition) is 3. The number of fused-ring (bicyclic) bond motifs is 1. The topological polar surface area (TPSA) is 56.7 Å². The SMILES string of the molecule is CN(c1ccc2ncccc2c1)[C@H]1CCN(C(=O)O)C1. The van der Waals surface area contributed by atoms with Crippen LogP contribution in [0.15, 0.2) is 36.5 Å². The maximum Gasteiger partial charge on any atom is 0.407 e. The molecule has 0 radical (unpaired) electrons. The van der Waals surface area contributed by atoms with Crippen LogP contribution in [0.2, 0.25) is 0 Å². The summed E-state index contributed by atoms with van der Waals surface area (Å²) < 4.78 is 0. The lowest BCUT2D eigenvalue weighted by molar-refractivity contribution is 0.155. The zero-order valence-electron chi connectivity index (χ0n) is 11.4. The Kier molecular flexibility index (Phi) is 3.18. The van der Waals surface area contributed by atoms with E-state index in [2.05, 4.69) is 16.0 Å². The minimum absolute atomic E-state index is 0.236. The van der Waals surface area contributed by atoms with E-state index < -0.39 is 6.09 Å². The molecule has 104 valence electrons. The monoisotopic (exact) mass is 271 g/mol. The van der Waals surface area contributed by atoms with Gasteiger partial charge in [-0.3, -0.25) is 4.98 Å². The van der Waals surface area contributed by atoms with Gasteiger partial charge in [-0.25, -0.2) is 4.79 Å². The highest BCUT2D eigenvalue weighted by atomic mass is 16.4. The van der Waals surface area contributed by atoms with E-state index in [1.54, 1.807) is 6.20 Å². The smallest absolute Gasteiger partial charge is 0.407 e. The number of rotatable bonds is 2. The van der Waals surface area contributed by atoms with Crippen molar-refractivity contribution in [1.29, 1.82) is 0 Å². The van der Waals surface area contributed by atoms with Gasteiger partial charge in [0.2, 0.25) is 0 Å². The minimum atomic E-state index is -0.830. The van der Waals surface area contributed by atoms with Crippen molar-refractivity contribution in [1.82, 2.24) is 9.88 Å². The molecule has 3 rings (SSSR count). The Morgan fingerprint density at radius 2 is 2.30 bits per heavy atom. The van der Waals surface area contributed by atoms with Crippen LogP contribution < -0.4 is 4.90 Å². The normalized spacial score (nSPS) is 18.4. The maximum atomic E-state index is 11.0. The first-order chi connectivity index (χ1) is 9.65. The molecule has 0 unspecified atom stereocenters. The van der Waals surface area contributed by atoms with Crippen LogP contribution in [-0.2, 0) is 0 Å². The summed E-state index contributed by atoms with van der Waals surface area (Å²) in [5.74, 6) is 0. The Morgan fingerprint density at radius 3 is 3.05 bits per heavy atom. The van der Waals surface area contributed by atoms with E-state index >= 15 is 0 Å². The fourth-order valence-corrected chi connectivity index (χ4v) is 2.72. The standard InChI is InChI=1S/C15H17N3O2/c1-17(13-6-8-18(10-13)15(19)20)12-4-5-14-11(9-12)3-2-7-16-14/h2-5,7,9,13H,6,8,10H2,1H3,(H,19,20)/t13-/m0/s1.